The van der Waals surface area contributed by atoms with Crippen molar-refractivity contribution in [3.05, 3.63) is 44.6 Å². The SMILES string of the molecule is Cc1csc2c(NCc3cccs3)cc(Cl)nc12.NC1CCCCCCC1. The Morgan fingerprint density at radius 2 is 1.93 bits per heavy atom. The van der Waals surface area contributed by atoms with E-state index in [9.17, 15) is 0 Å². The van der Waals surface area contributed by atoms with Crippen LogP contribution in [0, 0.1) is 6.92 Å². The second-order valence-corrected chi connectivity index (χ2v) is 9.43. The Morgan fingerprint density at radius 3 is 2.63 bits per heavy atom. The minimum atomic E-state index is 0.519. The van der Waals surface area contributed by atoms with Crippen LogP contribution >= 0.6 is 34.3 Å². The highest BCUT2D eigenvalue weighted by molar-refractivity contribution is 7.18. The zero-order valence-electron chi connectivity index (χ0n) is 15.8. The van der Waals surface area contributed by atoms with Crippen LogP contribution in [0.15, 0.2) is 29.0 Å². The molecule has 0 atom stereocenters. The van der Waals surface area contributed by atoms with E-state index in [1.165, 1.54) is 60.1 Å². The lowest BCUT2D eigenvalue weighted by Crippen LogP contribution is -2.20. The van der Waals surface area contributed by atoms with Gasteiger partial charge < -0.3 is 11.1 Å². The number of hydrogen-bond acceptors (Lipinski definition) is 5. The lowest BCUT2D eigenvalue weighted by molar-refractivity contribution is 0.453. The number of nitrogens with one attached hydrogen (secondary N) is 1. The maximum absolute atomic E-state index is 6.07. The lowest BCUT2D eigenvalue weighted by atomic mass is 9.98. The summed E-state index contributed by atoms with van der Waals surface area (Å²) in [6.45, 7) is 2.88. The minimum Gasteiger partial charge on any atom is -0.379 e. The van der Waals surface area contributed by atoms with Crippen LogP contribution in [0.5, 0.6) is 0 Å². The van der Waals surface area contributed by atoms with E-state index < -0.39 is 0 Å². The summed E-state index contributed by atoms with van der Waals surface area (Å²) >= 11 is 9.52. The third-order valence-electron chi connectivity index (χ3n) is 4.85. The lowest BCUT2D eigenvalue weighted by Gasteiger charge is -2.13. The summed E-state index contributed by atoms with van der Waals surface area (Å²) < 4.78 is 1.17. The van der Waals surface area contributed by atoms with Gasteiger partial charge in [-0.15, -0.1) is 22.7 Å². The molecule has 6 heteroatoms. The van der Waals surface area contributed by atoms with Crippen molar-refractivity contribution in [1.82, 2.24) is 4.98 Å². The predicted octanol–water partition coefficient (Wildman–Crippen LogP) is 6.99. The number of nitrogens with two attached hydrogens (primary N) is 1. The number of fused-ring (bicyclic) bond motifs is 1. The molecule has 27 heavy (non-hydrogen) atoms. The van der Waals surface area contributed by atoms with Crippen LogP contribution in [0.4, 0.5) is 5.69 Å². The summed E-state index contributed by atoms with van der Waals surface area (Å²) in [4.78, 5) is 5.69. The van der Waals surface area contributed by atoms with Crippen LogP contribution in [0.1, 0.15) is 55.4 Å². The minimum absolute atomic E-state index is 0.519. The van der Waals surface area contributed by atoms with Crippen LogP contribution in [-0.2, 0) is 6.54 Å². The van der Waals surface area contributed by atoms with Gasteiger partial charge in [-0.25, -0.2) is 4.98 Å². The molecule has 0 aromatic carbocycles. The summed E-state index contributed by atoms with van der Waals surface area (Å²) in [7, 11) is 0. The molecule has 0 saturated heterocycles. The third-order valence-corrected chi connectivity index (χ3v) is 7.04. The number of aryl methyl sites for hydroxylation is 1. The first-order chi connectivity index (χ1) is 13.1. The van der Waals surface area contributed by atoms with Gasteiger partial charge in [-0.05, 0) is 42.2 Å². The van der Waals surface area contributed by atoms with Gasteiger partial charge >= 0.3 is 0 Å². The molecule has 3 N–H and O–H groups in total. The quantitative estimate of drug-likeness (QED) is 0.448. The molecule has 0 spiro atoms. The van der Waals surface area contributed by atoms with E-state index >= 15 is 0 Å². The van der Waals surface area contributed by atoms with E-state index in [0.29, 0.717) is 11.2 Å². The van der Waals surface area contributed by atoms with Crippen molar-refractivity contribution in [2.45, 2.75) is 64.5 Å². The first-order valence-electron chi connectivity index (χ1n) is 9.69. The molecule has 1 saturated carbocycles. The number of rotatable bonds is 3. The fourth-order valence-corrected chi connectivity index (χ4v) is 5.13. The van der Waals surface area contributed by atoms with Crippen LogP contribution in [0.2, 0.25) is 5.15 Å². The van der Waals surface area contributed by atoms with Gasteiger partial charge in [-0.2, -0.15) is 0 Å². The Hall–Kier alpha value is -1.14. The molecule has 1 aliphatic rings. The monoisotopic (exact) mass is 421 g/mol. The zero-order chi connectivity index (χ0) is 19.1. The molecule has 1 fully saturated rings. The number of nitrogens with zero attached hydrogens (tertiary/aromatic N) is 1. The van der Waals surface area contributed by atoms with Gasteiger partial charge in [0.2, 0.25) is 0 Å². The number of anilines is 1. The number of halogens is 1. The van der Waals surface area contributed by atoms with Crippen molar-refractivity contribution >= 4 is 50.2 Å². The molecular formula is C21H28ClN3S2. The number of pyridine rings is 1. The highest BCUT2D eigenvalue weighted by Crippen LogP contribution is 2.33. The summed E-state index contributed by atoms with van der Waals surface area (Å²) in [6.07, 6.45) is 9.51. The van der Waals surface area contributed by atoms with Gasteiger partial charge in [-0.1, -0.05) is 49.8 Å². The van der Waals surface area contributed by atoms with E-state index in [4.69, 9.17) is 17.3 Å². The van der Waals surface area contributed by atoms with Gasteiger partial charge in [0.15, 0.2) is 0 Å². The van der Waals surface area contributed by atoms with Crippen LogP contribution in [0.25, 0.3) is 10.2 Å². The Morgan fingerprint density at radius 1 is 1.19 bits per heavy atom. The summed E-state index contributed by atoms with van der Waals surface area (Å²) in [5, 5.41) is 8.18. The Bertz CT molecular complexity index is 821. The first kappa shape index (κ1) is 20.6. The molecule has 0 radical (unpaired) electrons. The largest absolute Gasteiger partial charge is 0.379 e. The molecule has 1 aliphatic carbocycles. The van der Waals surface area contributed by atoms with Crippen molar-refractivity contribution < 1.29 is 0 Å². The highest BCUT2D eigenvalue weighted by atomic mass is 35.5. The topological polar surface area (TPSA) is 50.9 Å². The molecule has 3 nitrogen and oxygen atoms in total. The molecule has 3 heterocycles. The maximum Gasteiger partial charge on any atom is 0.131 e. The van der Waals surface area contributed by atoms with Gasteiger partial charge in [0.05, 0.1) is 15.9 Å². The summed E-state index contributed by atoms with van der Waals surface area (Å²) in [5.74, 6) is 0. The molecule has 0 aliphatic heterocycles. The van der Waals surface area contributed by atoms with Crippen molar-refractivity contribution in [3.8, 4) is 0 Å². The maximum atomic E-state index is 6.07. The standard InChI is InChI=1S/C13H11ClN2S2.C8H17N/c1-8-7-18-13-10(5-11(14)16-12(8)13)15-6-9-3-2-4-17-9;9-8-6-4-2-1-3-5-7-8/h2-5,7H,6H2,1H3,(H,15,16);8H,1-7,9H2. The Balaban J connectivity index is 0.000000197. The fourth-order valence-electron chi connectivity index (χ4n) is 3.31. The Kier molecular flexibility index (Phi) is 7.94. The smallest absolute Gasteiger partial charge is 0.131 e. The number of hydrogen-bond donors (Lipinski definition) is 2. The summed E-state index contributed by atoms with van der Waals surface area (Å²) in [5.41, 5.74) is 9.05. The molecule has 4 rings (SSSR count). The average molecular weight is 422 g/mol. The summed E-state index contributed by atoms with van der Waals surface area (Å²) in [6, 6.07) is 6.60. The van der Waals surface area contributed by atoms with Crippen LogP contribution in [-0.4, -0.2) is 11.0 Å². The second-order valence-electron chi connectivity index (χ2n) is 7.13. The molecule has 3 aromatic heterocycles. The van der Waals surface area contributed by atoms with Crippen molar-refractivity contribution in [2.75, 3.05) is 5.32 Å². The first-order valence-corrected chi connectivity index (χ1v) is 11.8. The molecule has 146 valence electrons. The Labute approximate surface area is 175 Å². The normalized spacial score (nSPS) is 15.7. The highest BCUT2D eigenvalue weighted by Gasteiger charge is 2.09. The average Bonchev–Trinajstić information content (AvgIpc) is 3.27. The van der Waals surface area contributed by atoms with Crippen LogP contribution < -0.4 is 11.1 Å². The molecule has 0 bridgehead atoms. The van der Waals surface area contributed by atoms with E-state index in [2.05, 4.69) is 40.1 Å². The van der Waals surface area contributed by atoms with Crippen molar-refractivity contribution in [1.29, 1.82) is 0 Å². The van der Waals surface area contributed by atoms with Crippen molar-refractivity contribution in [2.24, 2.45) is 5.73 Å². The predicted molar refractivity (Wildman–Crippen MR) is 121 cm³/mol. The van der Waals surface area contributed by atoms with E-state index in [1.54, 1.807) is 22.7 Å². The molecular weight excluding hydrogens is 394 g/mol. The second kappa shape index (κ2) is 10.4. The molecule has 3 aromatic rings. The fraction of sp³-hybridized carbons (Fsp3) is 0.476. The molecule has 0 amide bonds. The van der Waals surface area contributed by atoms with Gasteiger partial charge in [-0.3, -0.25) is 0 Å². The zero-order valence-corrected chi connectivity index (χ0v) is 18.2. The third kappa shape index (κ3) is 6.18. The van der Waals surface area contributed by atoms with E-state index in [1.807, 2.05) is 6.07 Å². The van der Waals surface area contributed by atoms with Crippen LogP contribution in [0.3, 0.4) is 0 Å². The molecule has 0 unspecified atom stereocenters. The van der Waals surface area contributed by atoms with Gasteiger partial charge in [0, 0.05) is 23.5 Å². The van der Waals surface area contributed by atoms with Gasteiger partial charge in [0.1, 0.15) is 5.15 Å². The number of aromatic nitrogens is 1. The van der Waals surface area contributed by atoms with Crippen molar-refractivity contribution in [3.63, 3.8) is 0 Å². The number of thiophene rings is 2. The van der Waals surface area contributed by atoms with E-state index in [0.717, 1.165) is 17.7 Å². The van der Waals surface area contributed by atoms with E-state index in [-0.39, 0.29) is 0 Å². The van der Waals surface area contributed by atoms with Gasteiger partial charge in [0.25, 0.3) is 0 Å².